The van der Waals surface area contributed by atoms with Gasteiger partial charge in [-0.15, -0.1) is 0 Å². The molecule has 0 aromatic heterocycles. The van der Waals surface area contributed by atoms with Crippen LogP contribution in [0.15, 0.2) is 73.6 Å². The van der Waals surface area contributed by atoms with E-state index in [1.807, 2.05) is 6.92 Å². The summed E-state index contributed by atoms with van der Waals surface area (Å²) in [6, 6.07) is 13.8. The third-order valence-corrected chi connectivity index (χ3v) is 7.48. The van der Waals surface area contributed by atoms with Crippen molar-refractivity contribution in [3.05, 3.63) is 95.8 Å². The molecule has 11 heteroatoms. The number of imide groups is 2. The van der Waals surface area contributed by atoms with Crippen molar-refractivity contribution >= 4 is 83.4 Å². The number of hydrogen-bond acceptors (Lipinski definition) is 5. The third-order valence-electron chi connectivity index (χ3n) is 5.42. The number of ether oxygens (including phenoxy) is 1. The molecule has 1 aliphatic heterocycles. The van der Waals surface area contributed by atoms with Gasteiger partial charge in [-0.25, -0.2) is 14.5 Å². The number of urea groups is 1. The molecule has 1 saturated heterocycles. The molecule has 8 nitrogen and oxygen atoms in total. The van der Waals surface area contributed by atoms with Crippen molar-refractivity contribution in [3.63, 3.8) is 0 Å². The normalized spacial score (nSPS) is 14.6. The molecule has 188 valence electrons. The highest BCUT2D eigenvalue weighted by Crippen LogP contribution is 2.36. The van der Waals surface area contributed by atoms with Gasteiger partial charge in [0.25, 0.3) is 11.8 Å². The molecule has 4 amide bonds. The Hall–Kier alpha value is -3.28. The van der Waals surface area contributed by atoms with Crippen molar-refractivity contribution in [2.45, 2.75) is 13.5 Å². The maximum absolute atomic E-state index is 13.2. The lowest BCUT2D eigenvalue weighted by atomic mass is 10.1. The van der Waals surface area contributed by atoms with E-state index in [2.05, 4.69) is 53.1 Å². The molecule has 3 aromatic rings. The Morgan fingerprint density at radius 2 is 1.62 bits per heavy atom. The van der Waals surface area contributed by atoms with Crippen molar-refractivity contribution in [1.29, 1.82) is 0 Å². The number of aromatic carboxylic acids is 1. The van der Waals surface area contributed by atoms with Crippen LogP contribution in [0.2, 0.25) is 0 Å². The summed E-state index contributed by atoms with van der Waals surface area (Å²) in [5, 5.41) is 11.2. The summed E-state index contributed by atoms with van der Waals surface area (Å²) in [5.74, 6) is -2.07. The predicted octanol–water partition coefficient (Wildman–Crippen LogP) is 6.23. The van der Waals surface area contributed by atoms with Crippen LogP contribution in [0.5, 0.6) is 5.75 Å². The minimum Gasteiger partial charge on any atom is -0.487 e. The maximum atomic E-state index is 13.2. The zero-order chi connectivity index (χ0) is 26.9. The summed E-state index contributed by atoms with van der Waals surface area (Å²) in [7, 11) is 0. The molecule has 2 N–H and O–H groups in total. The van der Waals surface area contributed by atoms with E-state index in [-0.39, 0.29) is 17.7 Å². The fourth-order valence-corrected chi connectivity index (χ4v) is 5.22. The number of barbiturate groups is 1. The van der Waals surface area contributed by atoms with Crippen LogP contribution < -0.4 is 15.0 Å². The van der Waals surface area contributed by atoms with Crippen LogP contribution in [-0.2, 0) is 16.2 Å². The summed E-state index contributed by atoms with van der Waals surface area (Å²) in [6.45, 7) is 2.01. The average molecular weight is 693 g/mol. The van der Waals surface area contributed by atoms with Crippen LogP contribution in [0.25, 0.3) is 6.08 Å². The fraction of sp³-hybridized carbons (Fsp3) is 0.0769. The van der Waals surface area contributed by atoms with Crippen LogP contribution in [0, 0.1) is 6.92 Å². The molecule has 0 atom stereocenters. The van der Waals surface area contributed by atoms with Gasteiger partial charge in [0.2, 0.25) is 0 Å². The topological polar surface area (TPSA) is 113 Å². The number of carbonyl (C=O) groups is 4. The van der Waals surface area contributed by atoms with Gasteiger partial charge in [-0.05, 0) is 104 Å². The molecule has 0 radical (unpaired) electrons. The first kappa shape index (κ1) is 26.8. The second-order valence-electron chi connectivity index (χ2n) is 8.00. The fourth-order valence-electron chi connectivity index (χ4n) is 3.53. The molecule has 0 saturated carbocycles. The molecule has 0 aliphatic carbocycles. The van der Waals surface area contributed by atoms with Gasteiger partial charge in [-0.1, -0.05) is 28.1 Å². The highest BCUT2D eigenvalue weighted by Gasteiger charge is 2.37. The Morgan fingerprint density at radius 1 is 0.973 bits per heavy atom. The minimum atomic E-state index is -1.01. The van der Waals surface area contributed by atoms with Crippen LogP contribution in [-0.4, -0.2) is 28.9 Å². The Labute approximate surface area is 236 Å². The van der Waals surface area contributed by atoms with E-state index in [4.69, 9.17) is 9.84 Å². The Morgan fingerprint density at radius 3 is 2.22 bits per heavy atom. The van der Waals surface area contributed by atoms with E-state index in [0.717, 1.165) is 20.5 Å². The lowest BCUT2D eigenvalue weighted by Crippen LogP contribution is -2.54. The summed E-state index contributed by atoms with van der Waals surface area (Å²) >= 11 is 10.3. The second-order valence-corrected chi connectivity index (χ2v) is 10.6. The number of aryl methyl sites for hydroxylation is 1. The SMILES string of the molecule is Cc1cc(N2C(=O)NC(=O)/C(=C\c3cc(Br)c(OCc4ccc(C(=O)O)cc4)c(Br)c3)C2=O)ccc1Br. The zero-order valence-corrected chi connectivity index (χ0v) is 23.8. The molecule has 0 spiro atoms. The molecule has 1 aliphatic rings. The Kier molecular flexibility index (Phi) is 7.96. The second kappa shape index (κ2) is 11.0. The first-order valence-corrected chi connectivity index (χ1v) is 13.0. The number of benzene rings is 3. The van der Waals surface area contributed by atoms with E-state index in [9.17, 15) is 19.2 Å². The largest absolute Gasteiger partial charge is 0.487 e. The van der Waals surface area contributed by atoms with E-state index < -0.39 is 23.8 Å². The van der Waals surface area contributed by atoms with Gasteiger partial charge in [0.15, 0.2) is 0 Å². The van der Waals surface area contributed by atoms with Crippen molar-refractivity contribution in [2.75, 3.05) is 4.90 Å². The number of carboxylic acids is 1. The number of halogens is 3. The molecular formula is C26H17Br3N2O6. The maximum Gasteiger partial charge on any atom is 0.335 e. The Balaban J connectivity index is 1.58. The molecule has 0 bridgehead atoms. The van der Waals surface area contributed by atoms with Crippen molar-refractivity contribution in [2.24, 2.45) is 0 Å². The molecule has 37 heavy (non-hydrogen) atoms. The standard InChI is InChI=1S/C26H17Br3N2O6/c1-13-8-17(6-7-19(13)27)31-24(33)18(23(32)30-26(31)36)9-15-10-20(28)22(21(29)11-15)37-12-14-2-4-16(5-3-14)25(34)35/h2-11H,12H2,1H3,(H,34,35)(H,30,32,36)/b18-9+. The number of hydrogen-bond donors (Lipinski definition) is 2. The number of rotatable bonds is 6. The number of nitrogens with zero attached hydrogens (tertiary/aromatic N) is 1. The molecule has 1 heterocycles. The lowest BCUT2D eigenvalue weighted by molar-refractivity contribution is -0.122. The summed E-state index contributed by atoms with van der Waals surface area (Å²) < 4.78 is 7.81. The van der Waals surface area contributed by atoms with E-state index in [1.165, 1.54) is 18.2 Å². The quantitative estimate of drug-likeness (QED) is 0.234. The molecule has 1 fully saturated rings. The third kappa shape index (κ3) is 5.84. The highest BCUT2D eigenvalue weighted by atomic mass is 79.9. The van der Waals surface area contributed by atoms with Crippen LogP contribution in [0.4, 0.5) is 10.5 Å². The van der Waals surface area contributed by atoms with Gasteiger partial charge in [0.05, 0.1) is 20.2 Å². The van der Waals surface area contributed by atoms with E-state index in [1.54, 1.807) is 42.5 Å². The van der Waals surface area contributed by atoms with Gasteiger partial charge in [0, 0.05) is 4.47 Å². The van der Waals surface area contributed by atoms with E-state index >= 15 is 0 Å². The van der Waals surface area contributed by atoms with Crippen LogP contribution >= 0.6 is 47.8 Å². The molecule has 3 aromatic carbocycles. The first-order valence-electron chi connectivity index (χ1n) is 10.7. The van der Waals surface area contributed by atoms with Gasteiger partial charge < -0.3 is 9.84 Å². The molecule has 4 rings (SSSR count). The first-order chi connectivity index (χ1) is 17.5. The number of carbonyl (C=O) groups excluding carboxylic acids is 3. The van der Waals surface area contributed by atoms with Gasteiger partial charge in [0.1, 0.15) is 17.9 Å². The van der Waals surface area contributed by atoms with Crippen LogP contribution in [0.1, 0.15) is 27.0 Å². The van der Waals surface area contributed by atoms with E-state index in [0.29, 0.717) is 25.9 Å². The van der Waals surface area contributed by atoms with Crippen molar-refractivity contribution in [1.82, 2.24) is 5.32 Å². The minimum absolute atomic E-state index is 0.181. The number of carboxylic acid groups (broad SMARTS) is 1. The van der Waals surface area contributed by atoms with Crippen LogP contribution in [0.3, 0.4) is 0 Å². The zero-order valence-electron chi connectivity index (χ0n) is 19.1. The Bertz CT molecular complexity index is 1460. The van der Waals surface area contributed by atoms with Crippen molar-refractivity contribution in [3.8, 4) is 5.75 Å². The summed E-state index contributed by atoms with van der Waals surface area (Å²) in [6.07, 6.45) is 1.40. The van der Waals surface area contributed by atoms with Crippen molar-refractivity contribution < 1.29 is 29.0 Å². The monoisotopic (exact) mass is 690 g/mol. The average Bonchev–Trinajstić information content (AvgIpc) is 2.83. The van der Waals surface area contributed by atoms with Gasteiger partial charge in [-0.3, -0.25) is 14.9 Å². The summed E-state index contributed by atoms with van der Waals surface area (Å²) in [4.78, 5) is 50.1. The number of amides is 4. The smallest absolute Gasteiger partial charge is 0.335 e. The number of nitrogens with one attached hydrogen (secondary N) is 1. The molecule has 0 unspecified atom stereocenters. The summed E-state index contributed by atoms with van der Waals surface area (Å²) in [5.41, 5.74) is 2.42. The van der Waals surface area contributed by atoms with Gasteiger partial charge >= 0.3 is 12.0 Å². The lowest BCUT2D eigenvalue weighted by Gasteiger charge is -2.26. The number of anilines is 1. The highest BCUT2D eigenvalue weighted by molar-refractivity contribution is 9.11. The predicted molar refractivity (Wildman–Crippen MR) is 147 cm³/mol. The molecular weight excluding hydrogens is 676 g/mol. The van der Waals surface area contributed by atoms with Gasteiger partial charge in [-0.2, -0.15) is 0 Å².